The third-order valence-electron chi connectivity index (χ3n) is 4.76. The molecule has 0 aromatic heterocycles. The van der Waals surface area contributed by atoms with Gasteiger partial charge in [0.2, 0.25) is 6.79 Å². The van der Waals surface area contributed by atoms with Gasteiger partial charge in [0.15, 0.2) is 19.8 Å². The average molecular weight is 322 g/mol. The minimum Gasteiger partial charge on any atom is -0.454 e. The van der Waals surface area contributed by atoms with Crippen LogP contribution in [-0.4, -0.2) is 21.4 Å². The minimum absolute atomic E-state index is 0.138. The number of hydrogen-bond donors (Lipinski definition) is 0. The van der Waals surface area contributed by atoms with Gasteiger partial charge in [0.05, 0.1) is 6.61 Å². The van der Waals surface area contributed by atoms with Gasteiger partial charge in [-0.3, -0.25) is 0 Å². The first-order valence-electron chi connectivity index (χ1n) is 7.68. The molecule has 2 rings (SSSR count). The second-order valence-electron chi connectivity index (χ2n) is 7.34. The lowest BCUT2D eigenvalue weighted by molar-refractivity contribution is -0.108. The van der Waals surface area contributed by atoms with Crippen LogP contribution >= 0.6 is 0 Å². The fraction of sp³-hybridized carbons (Fsp3) is 0.588. The van der Waals surface area contributed by atoms with Gasteiger partial charge in [0.25, 0.3) is 0 Å². The van der Waals surface area contributed by atoms with Crippen molar-refractivity contribution in [2.75, 3.05) is 6.79 Å². The Morgan fingerprint density at radius 2 is 2.00 bits per heavy atom. The second-order valence-corrected chi connectivity index (χ2v) is 12.2. The summed E-state index contributed by atoms with van der Waals surface area (Å²) in [6, 6.07) is 3.81. The highest BCUT2D eigenvalue weighted by atomic mass is 28.4. The van der Waals surface area contributed by atoms with E-state index in [0.717, 1.165) is 28.9 Å². The third-order valence-corrected chi connectivity index (χ3v) is 9.23. The zero-order chi connectivity index (χ0) is 16.5. The van der Waals surface area contributed by atoms with Crippen LogP contribution in [0.25, 0.3) is 0 Å². The van der Waals surface area contributed by atoms with Gasteiger partial charge in [0.1, 0.15) is 6.29 Å². The van der Waals surface area contributed by atoms with E-state index in [9.17, 15) is 4.79 Å². The summed E-state index contributed by atoms with van der Waals surface area (Å²) >= 11 is 0. The fourth-order valence-electron chi connectivity index (χ4n) is 2.16. The third kappa shape index (κ3) is 3.20. The van der Waals surface area contributed by atoms with E-state index in [0.29, 0.717) is 6.61 Å². The number of rotatable bonds is 5. The van der Waals surface area contributed by atoms with Crippen LogP contribution < -0.4 is 9.47 Å². The largest absolute Gasteiger partial charge is 0.454 e. The van der Waals surface area contributed by atoms with Gasteiger partial charge in [-0.15, -0.1) is 0 Å². The van der Waals surface area contributed by atoms with Crippen molar-refractivity contribution in [2.24, 2.45) is 0 Å². The van der Waals surface area contributed by atoms with E-state index >= 15 is 0 Å². The molecular weight excluding hydrogens is 296 g/mol. The monoisotopic (exact) mass is 322 g/mol. The molecule has 4 nitrogen and oxygen atoms in total. The van der Waals surface area contributed by atoms with E-state index in [1.807, 2.05) is 19.1 Å². The van der Waals surface area contributed by atoms with Crippen LogP contribution in [0.15, 0.2) is 12.1 Å². The Hall–Kier alpha value is -1.33. The maximum absolute atomic E-state index is 11.2. The molecule has 0 spiro atoms. The van der Waals surface area contributed by atoms with Gasteiger partial charge in [0, 0.05) is 11.5 Å². The molecule has 0 N–H and O–H groups in total. The van der Waals surface area contributed by atoms with Crippen molar-refractivity contribution in [1.29, 1.82) is 0 Å². The van der Waals surface area contributed by atoms with E-state index in [4.69, 9.17) is 13.9 Å². The summed E-state index contributed by atoms with van der Waals surface area (Å²) in [4.78, 5) is 11.2. The number of ether oxygens (including phenoxy) is 2. The lowest BCUT2D eigenvalue weighted by Crippen LogP contribution is -2.40. The lowest BCUT2D eigenvalue weighted by Gasteiger charge is -2.36. The van der Waals surface area contributed by atoms with Crippen molar-refractivity contribution in [3.8, 4) is 11.5 Å². The van der Waals surface area contributed by atoms with Crippen molar-refractivity contribution in [2.45, 2.75) is 58.4 Å². The average Bonchev–Trinajstić information content (AvgIpc) is 2.91. The van der Waals surface area contributed by atoms with E-state index in [-0.39, 0.29) is 17.7 Å². The molecule has 0 aliphatic carbocycles. The van der Waals surface area contributed by atoms with Gasteiger partial charge in [-0.2, -0.15) is 0 Å². The predicted octanol–water partition coefficient (Wildman–Crippen LogP) is 4.24. The summed E-state index contributed by atoms with van der Waals surface area (Å²) in [5.41, 5.74) is 1.90. The van der Waals surface area contributed by atoms with Crippen LogP contribution in [0.4, 0.5) is 0 Å². The standard InChI is InChI=1S/C17H26O4Si/c1-12(9-18)13-7-8-15-16(20-11-19-15)14(13)10-21-22(5,6)17(2,3)4/h7-9,12H,10-11H2,1-6H3. The number of aldehydes is 1. The Labute approximate surface area is 133 Å². The highest BCUT2D eigenvalue weighted by molar-refractivity contribution is 6.74. The lowest BCUT2D eigenvalue weighted by atomic mass is 9.96. The summed E-state index contributed by atoms with van der Waals surface area (Å²) in [5, 5.41) is 0.138. The first-order chi connectivity index (χ1) is 10.2. The van der Waals surface area contributed by atoms with Crippen molar-refractivity contribution in [3.63, 3.8) is 0 Å². The number of carbonyl (C=O) groups is 1. The number of carbonyl (C=O) groups excluding carboxylic acids is 1. The zero-order valence-electron chi connectivity index (χ0n) is 14.4. The number of fused-ring (bicyclic) bond motifs is 1. The first-order valence-corrected chi connectivity index (χ1v) is 10.6. The normalized spacial score (nSPS) is 15.7. The Kier molecular flexibility index (Phi) is 4.68. The molecule has 1 atom stereocenters. The van der Waals surface area contributed by atoms with Crippen LogP contribution in [0.5, 0.6) is 11.5 Å². The van der Waals surface area contributed by atoms with Crippen LogP contribution in [-0.2, 0) is 15.8 Å². The second kappa shape index (κ2) is 6.05. The molecule has 0 saturated carbocycles. The molecule has 5 heteroatoms. The minimum atomic E-state index is -1.87. The molecule has 1 unspecified atom stereocenters. The Balaban J connectivity index is 2.33. The molecule has 1 aromatic rings. The number of hydrogen-bond acceptors (Lipinski definition) is 4. The van der Waals surface area contributed by atoms with Crippen molar-refractivity contribution < 1.29 is 18.7 Å². The van der Waals surface area contributed by atoms with Gasteiger partial charge in [-0.1, -0.05) is 33.8 Å². The molecule has 0 saturated heterocycles. The van der Waals surface area contributed by atoms with E-state index in [2.05, 4.69) is 33.9 Å². The maximum atomic E-state index is 11.2. The summed E-state index contributed by atoms with van der Waals surface area (Å²) in [6.07, 6.45) is 0.952. The highest BCUT2D eigenvalue weighted by Gasteiger charge is 2.37. The SMILES string of the molecule is CC(C=O)c1ccc2c(c1CO[Si](C)(C)C(C)(C)C)OCO2. The molecule has 0 bridgehead atoms. The molecule has 0 radical (unpaired) electrons. The maximum Gasteiger partial charge on any atom is 0.231 e. The quantitative estimate of drug-likeness (QED) is 0.601. The molecule has 1 aliphatic heterocycles. The van der Waals surface area contributed by atoms with Gasteiger partial charge >= 0.3 is 0 Å². The van der Waals surface area contributed by atoms with Gasteiger partial charge in [-0.25, -0.2) is 0 Å². The molecule has 0 fully saturated rings. The van der Waals surface area contributed by atoms with Crippen LogP contribution in [0.1, 0.15) is 44.7 Å². The van der Waals surface area contributed by atoms with Crippen LogP contribution in [0, 0.1) is 0 Å². The first kappa shape index (κ1) is 17.0. The summed E-state index contributed by atoms with van der Waals surface area (Å²) < 4.78 is 17.4. The summed E-state index contributed by atoms with van der Waals surface area (Å²) in [7, 11) is -1.87. The Morgan fingerprint density at radius 3 is 2.59 bits per heavy atom. The molecular formula is C17H26O4Si. The van der Waals surface area contributed by atoms with Gasteiger partial charge in [-0.05, 0) is 29.8 Å². The Bertz CT molecular complexity index is 561. The molecule has 1 heterocycles. The summed E-state index contributed by atoms with van der Waals surface area (Å²) in [6.45, 7) is 13.6. The Morgan fingerprint density at radius 1 is 1.32 bits per heavy atom. The van der Waals surface area contributed by atoms with Crippen LogP contribution in [0.2, 0.25) is 18.1 Å². The van der Waals surface area contributed by atoms with Crippen molar-refractivity contribution in [3.05, 3.63) is 23.3 Å². The zero-order valence-corrected chi connectivity index (χ0v) is 15.4. The van der Waals surface area contributed by atoms with Crippen molar-refractivity contribution >= 4 is 14.6 Å². The van der Waals surface area contributed by atoms with E-state index in [1.54, 1.807) is 0 Å². The van der Waals surface area contributed by atoms with Crippen molar-refractivity contribution in [1.82, 2.24) is 0 Å². The molecule has 22 heavy (non-hydrogen) atoms. The molecule has 122 valence electrons. The summed E-state index contributed by atoms with van der Waals surface area (Å²) in [5.74, 6) is 1.27. The molecule has 1 aromatic carbocycles. The predicted molar refractivity (Wildman–Crippen MR) is 89.0 cm³/mol. The molecule has 0 amide bonds. The topological polar surface area (TPSA) is 44.8 Å². The molecule has 1 aliphatic rings. The fourth-order valence-corrected chi connectivity index (χ4v) is 3.10. The van der Waals surface area contributed by atoms with E-state index in [1.165, 1.54) is 0 Å². The highest BCUT2D eigenvalue weighted by Crippen LogP contribution is 2.42. The van der Waals surface area contributed by atoms with Crippen LogP contribution in [0.3, 0.4) is 0 Å². The smallest absolute Gasteiger partial charge is 0.231 e. The van der Waals surface area contributed by atoms with Gasteiger partial charge < -0.3 is 18.7 Å². The van der Waals surface area contributed by atoms with E-state index < -0.39 is 8.32 Å². The number of benzene rings is 1.